The summed E-state index contributed by atoms with van der Waals surface area (Å²) in [7, 11) is 0. The van der Waals surface area contributed by atoms with E-state index in [1.54, 1.807) is 0 Å². The lowest BCUT2D eigenvalue weighted by Crippen LogP contribution is -2.50. The molecule has 8 nitrogen and oxygen atoms in total. The standard InChI is InChI=1S/C19H26N6O2/c26-17(22-14-4-2-1-3-5-14)12-24-8-10-25(11-9-24)16-7-6-15-18(23-16)19(27)21-13-20-15/h6-7,13-14H,1-5,8-12H2,(H,22,26)(H,20,21,27). The van der Waals surface area contributed by atoms with E-state index in [1.807, 2.05) is 12.1 Å². The van der Waals surface area contributed by atoms with Crippen LogP contribution in [0.1, 0.15) is 32.1 Å². The second-order valence-corrected chi connectivity index (χ2v) is 7.43. The van der Waals surface area contributed by atoms with Crippen molar-refractivity contribution in [2.24, 2.45) is 0 Å². The highest BCUT2D eigenvalue weighted by atomic mass is 16.2. The van der Waals surface area contributed by atoms with E-state index in [1.165, 1.54) is 25.6 Å². The van der Waals surface area contributed by atoms with Gasteiger partial charge < -0.3 is 15.2 Å². The minimum Gasteiger partial charge on any atom is -0.354 e. The van der Waals surface area contributed by atoms with Crippen molar-refractivity contribution in [3.05, 3.63) is 28.8 Å². The summed E-state index contributed by atoms with van der Waals surface area (Å²) in [5, 5.41) is 3.18. The summed E-state index contributed by atoms with van der Waals surface area (Å²) in [6.45, 7) is 3.64. The zero-order chi connectivity index (χ0) is 18.6. The zero-order valence-electron chi connectivity index (χ0n) is 15.5. The maximum Gasteiger partial charge on any atom is 0.277 e. The predicted molar refractivity (Wildman–Crippen MR) is 104 cm³/mol. The van der Waals surface area contributed by atoms with Gasteiger partial charge in [0.1, 0.15) is 5.82 Å². The van der Waals surface area contributed by atoms with Crippen LogP contribution in [-0.2, 0) is 4.79 Å². The number of piperazine rings is 1. The number of hydrogen-bond acceptors (Lipinski definition) is 6. The third-order valence-corrected chi connectivity index (χ3v) is 5.51. The molecular weight excluding hydrogens is 344 g/mol. The molecule has 0 bridgehead atoms. The molecule has 144 valence electrons. The Morgan fingerprint density at radius 1 is 1.15 bits per heavy atom. The fourth-order valence-corrected chi connectivity index (χ4v) is 3.98. The van der Waals surface area contributed by atoms with E-state index in [2.05, 4.69) is 30.1 Å². The van der Waals surface area contributed by atoms with Crippen LogP contribution in [0.5, 0.6) is 0 Å². The van der Waals surface area contributed by atoms with Gasteiger partial charge in [0.25, 0.3) is 5.56 Å². The fourth-order valence-electron chi connectivity index (χ4n) is 3.98. The lowest BCUT2D eigenvalue weighted by atomic mass is 9.95. The molecule has 27 heavy (non-hydrogen) atoms. The Morgan fingerprint density at radius 3 is 2.70 bits per heavy atom. The highest BCUT2D eigenvalue weighted by molar-refractivity contribution is 5.78. The van der Waals surface area contributed by atoms with Crippen LogP contribution >= 0.6 is 0 Å². The van der Waals surface area contributed by atoms with Gasteiger partial charge in [-0.05, 0) is 25.0 Å². The number of amides is 1. The molecule has 8 heteroatoms. The Morgan fingerprint density at radius 2 is 1.93 bits per heavy atom. The first kappa shape index (κ1) is 17.9. The number of carbonyl (C=O) groups excluding carboxylic acids is 1. The molecule has 0 atom stereocenters. The largest absolute Gasteiger partial charge is 0.354 e. The Hall–Kier alpha value is -2.48. The SMILES string of the molecule is O=C(CN1CCN(c2ccc3nc[nH]c(=O)c3n2)CC1)NC1CCCCC1. The average Bonchev–Trinajstić information content (AvgIpc) is 2.69. The molecule has 2 aromatic rings. The van der Waals surface area contributed by atoms with Crippen molar-refractivity contribution >= 4 is 22.8 Å². The number of aromatic nitrogens is 3. The van der Waals surface area contributed by atoms with E-state index in [0.717, 1.165) is 44.8 Å². The lowest BCUT2D eigenvalue weighted by Gasteiger charge is -2.35. The highest BCUT2D eigenvalue weighted by Gasteiger charge is 2.22. The summed E-state index contributed by atoms with van der Waals surface area (Å²) in [4.78, 5) is 39.7. The normalized spacial score (nSPS) is 19.3. The van der Waals surface area contributed by atoms with E-state index in [0.29, 0.717) is 23.6 Å². The minimum absolute atomic E-state index is 0.136. The van der Waals surface area contributed by atoms with Crippen LogP contribution < -0.4 is 15.8 Å². The third kappa shape index (κ3) is 4.27. The van der Waals surface area contributed by atoms with Crippen LogP contribution in [0.15, 0.2) is 23.3 Å². The summed E-state index contributed by atoms with van der Waals surface area (Å²) < 4.78 is 0. The molecule has 1 amide bonds. The first-order valence-corrected chi connectivity index (χ1v) is 9.80. The molecule has 0 aromatic carbocycles. The summed E-state index contributed by atoms with van der Waals surface area (Å²) >= 11 is 0. The number of nitrogens with zero attached hydrogens (tertiary/aromatic N) is 4. The van der Waals surface area contributed by atoms with Crippen LogP contribution in [0, 0.1) is 0 Å². The number of H-pyrrole nitrogens is 1. The number of anilines is 1. The molecule has 1 saturated carbocycles. The van der Waals surface area contributed by atoms with Gasteiger partial charge >= 0.3 is 0 Å². The number of fused-ring (bicyclic) bond motifs is 1. The van der Waals surface area contributed by atoms with E-state index in [9.17, 15) is 9.59 Å². The molecule has 4 rings (SSSR count). The molecule has 2 N–H and O–H groups in total. The molecule has 2 fully saturated rings. The van der Waals surface area contributed by atoms with Crippen LogP contribution in [0.2, 0.25) is 0 Å². The van der Waals surface area contributed by atoms with E-state index in [4.69, 9.17) is 0 Å². The third-order valence-electron chi connectivity index (χ3n) is 5.51. The summed E-state index contributed by atoms with van der Waals surface area (Å²) in [5.74, 6) is 0.920. The Labute approximate surface area is 158 Å². The summed E-state index contributed by atoms with van der Waals surface area (Å²) in [5.41, 5.74) is 0.740. The van der Waals surface area contributed by atoms with Gasteiger partial charge in [-0.15, -0.1) is 0 Å². The van der Waals surface area contributed by atoms with E-state index in [-0.39, 0.29) is 11.5 Å². The van der Waals surface area contributed by atoms with E-state index >= 15 is 0 Å². The number of aromatic amines is 1. The van der Waals surface area contributed by atoms with Gasteiger partial charge in [-0.2, -0.15) is 0 Å². The van der Waals surface area contributed by atoms with Crippen molar-refractivity contribution in [1.82, 2.24) is 25.2 Å². The van der Waals surface area contributed by atoms with Crippen LogP contribution in [0.25, 0.3) is 11.0 Å². The van der Waals surface area contributed by atoms with Gasteiger partial charge in [0.15, 0.2) is 5.52 Å². The van der Waals surface area contributed by atoms with Gasteiger partial charge in [0.05, 0.1) is 18.4 Å². The molecule has 0 spiro atoms. The maximum atomic E-state index is 12.3. The van der Waals surface area contributed by atoms with Crippen LogP contribution in [-0.4, -0.2) is 64.5 Å². The predicted octanol–water partition coefficient (Wildman–Crippen LogP) is 0.889. The molecule has 1 saturated heterocycles. The first-order chi connectivity index (χ1) is 13.2. The number of rotatable bonds is 4. The van der Waals surface area contributed by atoms with Crippen LogP contribution in [0.4, 0.5) is 5.82 Å². The Bertz CT molecular complexity index is 853. The number of nitrogens with one attached hydrogen (secondary N) is 2. The van der Waals surface area contributed by atoms with Crippen molar-refractivity contribution in [3.63, 3.8) is 0 Å². The van der Waals surface area contributed by atoms with Crippen molar-refractivity contribution < 1.29 is 4.79 Å². The molecule has 2 aromatic heterocycles. The number of pyridine rings is 1. The molecule has 0 unspecified atom stereocenters. The molecule has 2 aliphatic rings. The smallest absolute Gasteiger partial charge is 0.277 e. The average molecular weight is 370 g/mol. The minimum atomic E-state index is -0.222. The van der Waals surface area contributed by atoms with Gasteiger partial charge in [-0.3, -0.25) is 14.5 Å². The van der Waals surface area contributed by atoms with Crippen molar-refractivity contribution in [3.8, 4) is 0 Å². The number of carbonyl (C=O) groups is 1. The van der Waals surface area contributed by atoms with Crippen molar-refractivity contribution in [1.29, 1.82) is 0 Å². The lowest BCUT2D eigenvalue weighted by molar-refractivity contribution is -0.123. The maximum absolute atomic E-state index is 12.3. The van der Waals surface area contributed by atoms with E-state index < -0.39 is 0 Å². The number of hydrogen-bond donors (Lipinski definition) is 2. The second-order valence-electron chi connectivity index (χ2n) is 7.43. The molecular formula is C19H26N6O2. The molecule has 1 aliphatic heterocycles. The molecule has 3 heterocycles. The van der Waals surface area contributed by atoms with Crippen molar-refractivity contribution in [2.75, 3.05) is 37.6 Å². The summed E-state index contributed by atoms with van der Waals surface area (Å²) in [6, 6.07) is 4.10. The van der Waals surface area contributed by atoms with Gasteiger partial charge in [0, 0.05) is 32.2 Å². The molecule has 0 radical (unpaired) electrons. The zero-order valence-corrected chi connectivity index (χ0v) is 15.5. The second kappa shape index (κ2) is 8.04. The Balaban J connectivity index is 1.31. The van der Waals surface area contributed by atoms with Crippen LogP contribution in [0.3, 0.4) is 0 Å². The molecule has 1 aliphatic carbocycles. The fraction of sp³-hybridized carbons (Fsp3) is 0.579. The first-order valence-electron chi connectivity index (χ1n) is 9.80. The van der Waals surface area contributed by atoms with Gasteiger partial charge in [-0.25, -0.2) is 9.97 Å². The monoisotopic (exact) mass is 370 g/mol. The quantitative estimate of drug-likeness (QED) is 0.830. The van der Waals surface area contributed by atoms with Crippen molar-refractivity contribution in [2.45, 2.75) is 38.1 Å². The van der Waals surface area contributed by atoms with Gasteiger partial charge in [-0.1, -0.05) is 19.3 Å². The highest BCUT2D eigenvalue weighted by Crippen LogP contribution is 2.18. The summed E-state index contributed by atoms with van der Waals surface area (Å²) in [6.07, 6.45) is 7.35. The van der Waals surface area contributed by atoms with Gasteiger partial charge in [0.2, 0.25) is 5.91 Å². The topological polar surface area (TPSA) is 94.2 Å². The Kier molecular flexibility index (Phi) is 5.33.